The number of carbonyl (C=O) groups excluding carboxylic acids is 1. The van der Waals surface area contributed by atoms with Crippen molar-refractivity contribution in [2.24, 2.45) is 0 Å². The molecule has 0 aromatic carbocycles. The van der Waals surface area contributed by atoms with Crippen molar-refractivity contribution in [3.63, 3.8) is 0 Å². The highest BCUT2D eigenvalue weighted by atomic mass is 16.5. The van der Waals surface area contributed by atoms with Crippen molar-refractivity contribution < 1.29 is 14.6 Å². The van der Waals surface area contributed by atoms with Crippen LogP contribution in [-0.2, 0) is 4.74 Å². The van der Waals surface area contributed by atoms with Crippen molar-refractivity contribution in [3.05, 3.63) is 24.0 Å². The van der Waals surface area contributed by atoms with Crippen molar-refractivity contribution in [1.82, 2.24) is 15.2 Å². The van der Waals surface area contributed by atoms with Crippen LogP contribution in [0.4, 0.5) is 0 Å². The summed E-state index contributed by atoms with van der Waals surface area (Å²) in [5.41, 5.74) is 0.577. The molecule has 6 nitrogen and oxygen atoms in total. The molecule has 3 N–H and O–H groups in total. The average molecular weight is 253 g/mol. The minimum Gasteiger partial charge on any atom is -0.390 e. The first-order valence-corrected chi connectivity index (χ1v) is 6.15. The zero-order valence-corrected chi connectivity index (χ0v) is 10.3. The topological polar surface area (TPSA) is 77.6 Å². The molecule has 1 atom stereocenters. The van der Waals surface area contributed by atoms with E-state index in [9.17, 15) is 9.90 Å². The van der Waals surface area contributed by atoms with E-state index in [1.165, 1.54) is 0 Å². The Labute approximate surface area is 106 Å². The summed E-state index contributed by atoms with van der Waals surface area (Å²) in [4.78, 5) is 16.6. The van der Waals surface area contributed by atoms with Gasteiger partial charge in [-0.1, -0.05) is 0 Å². The molecule has 0 aliphatic carbocycles. The van der Waals surface area contributed by atoms with Crippen LogP contribution in [0.25, 0.3) is 0 Å². The van der Waals surface area contributed by atoms with E-state index >= 15 is 0 Å². The lowest BCUT2D eigenvalue weighted by molar-refractivity contribution is 0.0149. The molecule has 2 heterocycles. The van der Waals surface area contributed by atoms with Crippen LogP contribution in [0.5, 0.6) is 0 Å². The Morgan fingerprint density at radius 1 is 1.56 bits per heavy atom. The molecule has 1 fully saturated rings. The summed E-state index contributed by atoms with van der Waals surface area (Å²) in [7, 11) is 0. The van der Waals surface area contributed by atoms with Crippen molar-refractivity contribution >= 4 is 5.91 Å². The zero-order chi connectivity index (χ0) is 12.8. The lowest BCUT2D eigenvalue weighted by Crippen LogP contribution is -2.44. The predicted molar refractivity (Wildman–Crippen MR) is 66.4 cm³/mol. The molecule has 1 aromatic heterocycles. The fourth-order valence-corrected chi connectivity index (χ4v) is 1.92. The molecule has 0 saturated carbocycles. The number of ether oxygens (including phenoxy) is 1. The van der Waals surface area contributed by atoms with Crippen LogP contribution in [0.15, 0.2) is 18.5 Å². The molecule has 1 aliphatic heterocycles. The summed E-state index contributed by atoms with van der Waals surface area (Å²) in [5.74, 6) is -0.169. The maximum Gasteiger partial charge on any atom is 0.252 e. The van der Waals surface area contributed by atoms with Gasteiger partial charge >= 0.3 is 0 Å². The van der Waals surface area contributed by atoms with E-state index in [2.05, 4.69) is 15.2 Å². The van der Waals surface area contributed by atoms with Gasteiger partial charge in [-0.3, -0.25) is 9.69 Å². The number of carbonyl (C=O) groups is 1. The minimum absolute atomic E-state index is 0.169. The Morgan fingerprint density at radius 2 is 2.33 bits per heavy atom. The van der Waals surface area contributed by atoms with Gasteiger partial charge in [-0.25, -0.2) is 0 Å². The minimum atomic E-state index is -0.550. The molecule has 0 radical (unpaired) electrons. The quantitative estimate of drug-likeness (QED) is 0.657. The van der Waals surface area contributed by atoms with Crippen molar-refractivity contribution in [2.45, 2.75) is 6.10 Å². The summed E-state index contributed by atoms with van der Waals surface area (Å²) >= 11 is 0. The number of hydrogen-bond acceptors (Lipinski definition) is 4. The second-order valence-electron chi connectivity index (χ2n) is 4.38. The molecule has 0 spiro atoms. The largest absolute Gasteiger partial charge is 0.390 e. The van der Waals surface area contributed by atoms with Crippen molar-refractivity contribution in [3.8, 4) is 0 Å². The molecule has 1 aromatic rings. The van der Waals surface area contributed by atoms with Gasteiger partial charge in [-0.15, -0.1) is 0 Å². The number of H-pyrrole nitrogens is 1. The third-order valence-electron chi connectivity index (χ3n) is 2.93. The van der Waals surface area contributed by atoms with E-state index in [4.69, 9.17) is 4.74 Å². The van der Waals surface area contributed by atoms with Gasteiger partial charge in [0.15, 0.2) is 0 Å². The Kier molecular flexibility index (Phi) is 4.74. The number of morpholine rings is 1. The van der Waals surface area contributed by atoms with Gasteiger partial charge < -0.3 is 20.1 Å². The fourth-order valence-electron chi connectivity index (χ4n) is 1.92. The first-order valence-electron chi connectivity index (χ1n) is 6.15. The molecule has 0 bridgehead atoms. The second-order valence-corrected chi connectivity index (χ2v) is 4.38. The smallest absolute Gasteiger partial charge is 0.252 e. The normalized spacial score (nSPS) is 18.5. The zero-order valence-electron chi connectivity index (χ0n) is 10.3. The van der Waals surface area contributed by atoms with E-state index in [0.717, 1.165) is 13.1 Å². The number of nitrogens with zero attached hydrogens (tertiary/aromatic N) is 1. The molecule has 1 saturated heterocycles. The van der Waals surface area contributed by atoms with Crippen LogP contribution < -0.4 is 5.32 Å². The molecule has 1 amide bonds. The van der Waals surface area contributed by atoms with Gasteiger partial charge in [0.05, 0.1) is 24.9 Å². The SMILES string of the molecule is O=C(NC[C@H](O)CN1CCOCC1)c1cc[nH]c1. The highest BCUT2D eigenvalue weighted by Crippen LogP contribution is 1.99. The van der Waals surface area contributed by atoms with E-state index in [-0.39, 0.29) is 12.5 Å². The second kappa shape index (κ2) is 6.53. The van der Waals surface area contributed by atoms with Gasteiger partial charge in [-0.05, 0) is 6.07 Å². The van der Waals surface area contributed by atoms with Crippen LogP contribution in [0, 0.1) is 0 Å². The number of nitrogens with one attached hydrogen (secondary N) is 2. The van der Waals surface area contributed by atoms with Crippen molar-refractivity contribution in [1.29, 1.82) is 0 Å². The van der Waals surface area contributed by atoms with Crippen LogP contribution in [-0.4, -0.2) is 66.4 Å². The molecule has 6 heteroatoms. The molecule has 1 aliphatic rings. The number of hydrogen-bond donors (Lipinski definition) is 3. The molecule has 0 unspecified atom stereocenters. The Morgan fingerprint density at radius 3 is 3.00 bits per heavy atom. The maximum atomic E-state index is 11.6. The van der Waals surface area contributed by atoms with Crippen LogP contribution in [0.2, 0.25) is 0 Å². The summed E-state index contributed by atoms with van der Waals surface area (Å²) in [6, 6.07) is 1.70. The molecule has 100 valence electrons. The molecule has 2 rings (SSSR count). The fraction of sp³-hybridized carbons (Fsp3) is 0.583. The van der Waals surface area contributed by atoms with Gasteiger partial charge in [-0.2, -0.15) is 0 Å². The number of β-amino-alcohol motifs (C(OH)–C–C–N with tert-alkyl or cyclic N) is 1. The van der Waals surface area contributed by atoms with E-state index in [1.54, 1.807) is 18.5 Å². The Bertz CT molecular complexity index is 361. The lowest BCUT2D eigenvalue weighted by Gasteiger charge is -2.28. The van der Waals surface area contributed by atoms with E-state index < -0.39 is 6.10 Å². The van der Waals surface area contributed by atoms with Gasteiger partial charge in [0, 0.05) is 38.6 Å². The summed E-state index contributed by atoms with van der Waals surface area (Å²) in [6.07, 6.45) is 2.77. The summed E-state index contributed by atoms with van der Waals surface area (Å²) in [5, 5.41) is 12.6. The highest BCUT2D eigenvalue weighted by Gasteiger charge is 2.15. The van der Waals surface area contributed by atoms with Crippen LogP contribution >= 0.6 is 0 Å². The maximum absolute atomic E-state index is 11.6. The summed E-state index contributed by atoms with van der Waals surface area (Å²) < 4.78 is 5.23. The van der Waals surface area contributed by atoms with Gasteiger partial charge in [0.25, 0.3) is 5.91 Å². The highest BCUT2D eigenvalue weighted by molar-refractivity contribution is 5.93. The first-order chi connectivity index (χ1) is 8.75. The average Bonchev–Trinajstić information content (AvgIpc) is 2.91. The third kappa shape index (κ3) is 3.83. The predicted octanol–water partition coefficient (Wildman–Crippen LogP) is -0.562. The molecular weight excluding hydrogens is 234 g/mol. The number of aliphatic hydroxyl groups excluding tert-OH is 1. The van der Waals surface area contributed by atoms with Gasteiger partial charge in [0.2, 0.25) is 0 Å². The number of aliphatic hydroxyl groups is 1. The number of amides is 1. The lowest BCUT2D eigenvalue weighted by atomic mass is 10.2. The molecular formula is C12H19N3O3. The number of aromatic amines is 1. The molecule has 18 heavy (non-hydrogen) atoms. The Hall–Kier alpha value is -1.37. The monoisotopic (exact) mass is 253 g/mol. The van der Waals surface area contributed by atoms with Crippen LogP contribution in [0.3, 0.4) is 0 Å². The third-order valence-corrected chi connectivity index (χ3v) is 2.93. The van der Waals surface area contributed by atoms with E-state index in [1.807, 2.05) is 0 Å². The summed E-state index contributed by atoms with van der Waals surface area (Å²) in [6.45, 7) is 3.93. The standard InChI is InChI=1S/C12H19N3O3/c16-11(9-15-3-5-18-6-4-15)8-14-12(17)10-1-2-13-7-10/h1-2,7,11,13,16H,3-6,8-9H2,(H,14,17)/t11-/m0/s1. The number of rotatable bonds is 5. The van der Waals surface area contributed by atoms with E-state index in [0.29, 0.717) is 25.3 Å². The number of aromatic nitrogens is 1. The van der Waals surface area contributed by atoms with Crippen molar-refractivity contribution in [2.75, 3.05) is 39.4 Å². The van der Waals surface area contributed by atoms with Gasteiger partial charge in [0.1, 0.15) is 0 Å². The Balaban J connectivity index is 1.68. The van der Waals surface area contributed by atoms with Crippen LogP contribution in [0.1, 0.15) is 10.4 Å². The first kappa shape index (κ1) is 13.1.